The van der Waals surface area contributed by atoms with Crippen LogP contribution in [0.5, 0.6) is 0 Å². The Labute approximate surface area is 104 Å². The molecule has 2 N–H and O–H groups in total. The first kappa shape index (κ1) is 14.5. The number of esters is 1. The lowest BCUT2D eigenvalue weighted by atomic mass is 9.85. The maximum atomic E-state index is 11.5. The summed E-state index contributed by atoms with van der Waals surface area (Å²) in [5.74, 6) is -0.332. The fourth-order valence-electron chi connectivity index (χ4n) is 2.40. The van der Waals surface area contributed by atoms with Crippen LogP contribution in [0.15, 0.2) is 0 Å². The third-order valence-corrected chi connectivity index (χ3v) is 3.64. The molecule has 17 heavy (non-hydrogen) atoms. The van der Waals surface area contributed by atoms with E-state index in [0.717, 1.165) is 19.5 Å². The third kappa shape index (κ3) is 4.28. The Hall–Kier alpha value is -0.610. The number of carbonyl (C=O) groups excluding carboxylic acids is 1. The molecule has 1 fully saturated rings. The Morgan fingerprint density at radius 2 is 2.06 bits per heavy atom. The molecule has 0 spiro atoms. The molecule has 0 amide bonds. The average Bonchev–Trinajstić information content (AvgIpc) is 2.38. The molecule has 0 bridgehead atoms. The lowest BCUT2D eigenvalue weighted by molar-refractivity contribution is -0.147. The molecular weight excluding hydrogens is 216 g/mol. The summed E-state index contributed by atoms with van der Waals surface area (Å²) in [5, 5.41) is 0. The van der Waals surface area contributed by atoms with Crippen molar-refractivity contribution in [2.75, 3.05) is 26.7 Å². The number of methoxy groups -OCH3 is 1. The van der Waals surface area contributed by atoms with Crippen molar-refractivity contribution >= 4 is 5.97 Å². The molecule has 1 saturated heterocycles. The first-order chi connectivity index (χ1) is 7.77. The second-order valence-corrected chi connectivity index (χ2v) is 6.20. The van der Waals surface area contributed by atoms with Gasteiger partial charge in [0.05, 0.1) is 7.11 Å². The van der Waals surface area contributed by atoms with Crippen molar-refractivity contribution in [1.29, 1.82) is 0 Å². The minimum atomic E-state index is -0.900. The summed E-state index contributed by atoms with van der Waals surface area (Å²) >= 11 is 0. The molecule has 4 nitrogen and oxygen atoms in total. The first-order valence-electron chi connectivity index (χ1n) is 6.36. The van der Waals surface area contributed by atoms with Crippen molar-refractivity contribution in [2.45, 2.75) is 45.6 Å². The number of nitrogens with two attached hydrogens (primary N) is 1. The van der Waals surface area contributed by atoms with E-state index in [1.54, 1.807) is 6.92 Å². The van der Waals surface area contributed by atoms with E-state index in [2.05, 4.69) is 18.7 Å². The molecule has 1 aliphatic rings. The number of carbonyl (C=O) groups is 1. The molecule has 100 valence electrons. The Morgan fingerprint density at radius 3 is 2.65 bits per heavy atom. The van der Waals surface area contributed by atoms with Gasteiger partial charge >= 0.3 is 5.97 Å². The van der Waals surface area contributed by atoms with Gasteiger partial charge < -0.3 is 15.4 Å². The molecule has 1 aliphatic heterocycles. The van der Waals surface area contributed by atoms with E-state index in [9.17, 15) is 4.79 Å². The van der Waals surface area contributed by atoms with Crippen LogP contribution in [-0.4, -0.2) is 43.2 Å². The van der Waals surface area contributed by atoms with E-state index in [0.29, 0.717) is 12.0 Å². The van der Waals surface area contributed by atoms with E-state index in [1.807, 2.05) is 0 Å². The van der Waals surface area contributed by atoms with E-state index in [-0.39, 0.29) is 5.97 Å². The Kier molecular flexibility index (Phi) is 4.55. The quantitative estimate of drug-likeness (QED) is 0.760. The van der Waals surface area contributed by atoms with E-state index in [1.165, 1.54) is 20.0 Å². The Balaban J connectivity index is 2.55. The van der Waals surface area contributed by atoms with Crippen molar-refractivity contribution in [2.24, 2.45) is 11.1 Å². The van der Waals surface area contributed by atoms with Gasteiger partial charge in [-0.1, -0.05) is 13.8 Å². The molecule has 0 aliphatic carbocycles. The maximum absolute atomic E-state index is 11.5. The smallest absolute Gasteiger partial charge is 0.326 e. The lowest BCUT2D eigenvalue weighted by Crippen LogP contribution is -2.54. The van der Waals surface area contributed by atoms with Gasteiger partial charge in [-0.3, -0.25) is 4.79 Å². The molecule has 0 aromatic rings. The maximum Gasteiger partial charge on any atom is 0.326 e. The molecule has 0 radical (unpaired) electrons. The standard InChI is InChI=1S/C13H26N2O2/c1-12(2)6-5-8-15(9-7-12)10-13(3,14)11(16)17-4/h5-10,14H2,1-4H3. The molecule has 0 aromatic heterocycles. The van der Waals surface area contributed by atoms with Crippen LogP contribution in [0.4, 0.5) is 0 Å². The highest BCUT2D eigenvalue weighted by Gasteiger charge is 2.33. The summed E-state index contributed by atoms with van der Waals surface area (Å²) < 4.78 is 4.74. The predicted octanol–water partition coefficient (Wildman–Crippen LogP) is 1.39. The van der Waals surface area contributed by atoms with Crippen molar-refractivity contribution in [3.05, 3.63) is 0 Å². The molecule has 4 heteroatoms. The monoisotopic (exact) mass is 242 g/mol. The van der Waals surface area contributed by atoms with Gasteiger partial charge in [-0.25, -0.2) is 0 Å². The SMILES string of the molecule is COC(=O)C(C)(N)CN1CCCC(C)(C)CC1. The van der Waals surface area contributed by atoms with Crippen LogP contribution >= 0.6 is 0 Å². The third-order valence-electron chi connectivity index (χ3n) is 3.64. The molecule has 0 aromatic carbocycles. The summed E-state index contributed by atoms with van der Waals surface area (Å²) in [6, 6.07) is 0. The van der Waals surface area contributed by atoms with Gasteiger partial charge in [0, 0.05) is 6.54 Å². The van der Waals surface area contributed by atoms with Gasteiger partial charge in [0.2, 0.25) is 0 Å². The van der Waals surface area contributed by atoms with Crippen molar-refractivity contribution in [3.8, 4) is 0 Å². The number of nitrogens with zero attached hydrogens (tertiary/aromatic N) is 1. The first-order valence-corrected chi connectivity index (χ1v) is 6.36. The van der Waals surface area contributed by atoms with Gasteiger partial charge in [-0.15, -0.1) is 0 Å². The van der Waals surface area contributed by atoms with E-state index >= 15 is 0 Å². The summed E-state index contributed by atoms with van der Waals surface area (Å²) in [6.45, 7) is 8.96. The average molecular weight is 242 g/mol. The molecule has 0 saturated carbocycles. The van der Waals surface area contributed by atoms with Crippen LogP contribution in [0.2, 0.25) is 0 Å². The van der Waals surface area contributed by atoms with Gasteiger partial charge in [-0.2, -0.15) is 0 Å². The Bertz CT molecular complexity index is 275. The molecule has 1 unspecified atom stereocenters. The van der Waals surface area contributed by atoms with E-state index in [4.69, 9.17) is 10.5 Å². The van der Waals surface area contributed by atoms with Crippen LogP contribution < -0.4 is 5.73 Å². The number of rotatable bonds is 3. The topological polar surface area (TPSA) is 55.6 Å². The van der Waals surface area contributed by atoms with E-state index < -0.39 is 5.54 Å². The number of hydrogen-bond acceptors (Lipinski definition) is 4. The largest absolute Gasteiger partial charge is 0.468 e. The van der Waals surface area contributed by atoms with Gasteiger partial charge in [-0.05, 0) is 44.7 Å². The summed E-state index contributed by atoms with van der Waals surface area (Å²) in [6.07, 6.45) is 3.57. The van der Waals surface area contributed by atoms with Crippen molar-refractivity contribution < 1.29 is 9.53 Å². The molecule has 1 rings (SSSR count). The van der Waals surface area contributed by atoms with Gasteiger partial charge in [0.15, 0.2) is 0 Å². The molecular formula is C13H26N2O2. The van der Waals surface area contributed by atoms with Crippen molar-refractivity contribution in [3.63, 3.8) is 0 Å². The van der Waals surface area contributed by atoms with Crippen LogP contribution in [0.1, 0.15) is 40.0 Å². The fraction of sp³-hybridized carbons (Fsp3) is 0.923. The highest BCUT2D eigenvalue weighted by molar-refractivity contribution is 5.80. The summed E-state index contributed by atoms with van der Waals surface area (Å²) in [7, 11) is 1.39. The predicted molar refractivity (Wildman–Crippen MR) is 68.7 cm³/mol. The number of ether oxygens (including phenoxy) is 1. The highest BCUT2D eigenvalue weighted by Crippen LogP contribution is 2.30. The number of likely N-dealkylation sites (tertiary alicyclic amines) is 1. The van der Waals surface area contributed by atoms with Gasteiger partial charge in [0.1, 0.15) is 5.54 Å². The normalized spacial score (nSPS) is 24.8. The highest BCUT2D eigenvalue weighted by atomic mass is 16.5. The second-order valence-electron chi connectivity index (χ2n) is 6.20. The fourth-order valence-corrected chi connectivity index (χ4v) is 2.40. The summed E-state index contributed by atoms with van der Waals surface area (Å²) in [5.41, 5.74) is 5.51. The van der Waals surface area contributed by atoms with Crippen LogP contribution in [-0.2, 0) is 9.53 Å². The zero-order chi connectivity index (χ0) is 13.1. The summed E-state index contributed by atoms with van der Waals surface area (Å²) in [4.78, 5) is 13.8. The molecule has 1 atom stereocenters. The minimum absolute atomic E-state index is 0.332. The van der Waals surface area contributed by atoms with Gasteiger partial charge in [0.25, 0.3) is 0 Å². The van der Waals surface area contributed by atoms with Crippen LogP contribution in [0.25, 0.3) is 0 Å². The molecule has 1 heterocycles. The number of hydrogen-bond donors (Lipinski definition) is 1. The van der Waals surface area contributed by atoms with Crippen LogP contribution in [0.3, 0.4) is 0 Å². The zero-order valence-electron chi connectivity index (χ0n) is 11.6. The minimum Gasteiger partial charge on any atom is -0.468 e. The van der Waals surface area contributed by atoms with Crippen molar-refractivity contribution in [1.82, 2.24) is 4.90 Å². The van der Waals surface area contributed by atoms with Crippen LogP contribution in [0, 0.1) is 5.41 Å². The Morgan fingerprint density at radius 1 is 1.41 bits per heavy atom. The lowest BCUT2D eigenvalue weighted by Gasteiger charge is -2.30. The second kappa shape index (κ2) is 5.36. The zero-order valence-corrected chi connectivity index (χ0v) is 11.6.